The Labute approximate surface area is 184 Å². The van der Waals surface area contributed by atoms with Crippen LogP contribution in [0.25, 0.3) is 0 Å². The Hall–Kier alpha value is -2.08. The number of amides is 1. The molecule has 1 amide bonds. The maximum Gasteiger partial charge on any atom is 0.409 e. The van der Waals surface area contributed by atoms with Gasteiger partial charge in [0, 0.05) is 50.8 Å². The molecule has 0 spiro atoms. The van der Waals surface area contributed by atoms with Crippen LogP contribution in [0.3, 0.4) is 0 Å². The molecule has 1 heterocycles. The number of hydrogen-bond donors (Lipinski definition) is 0. The first-order valence-corrected chi connectivity index (χ1v) is 11.1. The van der Waals surface area contributed by atoms with Gasteiger partial charge in [-0.15, -0.1) is 0 Å². The lowest BCUT2D eigenvalue weighted by atomic mass is 10.0. The summed E-state index contributed by atoms with van der Waals surface area (Å²) in [6.07, 6.45) is 1.60. The third-order valence-electron chi connectivity index (χ3n) is 5.34. The van der Waals surface area contributed by atoms with Crippen LogP contribution in [-0.2, 0) is 15.9 Å². The van der Waals surface area contributed by atoms with E-state index in [1.54, 1.807) is 4.90 Å². The van der Waals surface area contributed by atoms with Crippen molar-refractivity contribution in [1.29, 1.82) is 0 Å². The molecule has 3 rings (SSSR count). The van der Waals surface area contributed by atoms with Gasteiger partial charge in [-0.2, -0.15) is 0 Å². The van der Waals surface area contributed by atoms with Crippen molar-refractivity contribution >= 4 is 17.7 Å². The highest BCUT2D eigenvalue weighted by Gasteiger charge is 2.21. The van der Waals surface area contributed by atoms with Gasteiger partial charge in [0.1, 0.15) is 0 Å². The van der Waals surface area contributed by atoms with Crippen LogP contribution in [-0.4, -0.2) is 61.8 Å². The van der Waals surface area contributed by atoms with Crippen molar-refractivity contribution in [3.63, 3.8) is 0 Å². The minimum atomic E-state index is -0.201. The number of rotatable bonds is 9. The van der Waals surface area contributed by atoms with E-state index in [-0.39, 0.29) is 12.2 Å². The summed E-state index contributed by atoms with van der Waals surface area (Å²) >= 11 is 6.02. The second-order valence-electron chi connectivity index (χ2n) is 7.48. The Bertz CT molecular complexity index is 762. The van der Waals surface area contributed by atoms with Gasteiger partial charge in [0.2, 0.25) is 0 Å². The van der Waals surface area contributed by atoms with Crippen molar-refractivity contribution in [2.75, 3.05) is 45.9 Å². The molecule has 162 valence electrons. The van der Waals surface area contributed by atoms with Crippen molar-refractivity contribution in [2.45, 2.75) is 25.9 Å². The average molecular weight is 431 g/mol. The molecule has 1 unspecified atom stereocenters. The van der Waals surface area contributed by atoms with Crippen LogP contribution in [0.2, 0.25) is 5.02 Å². The van der Waals surface area contributed by atoms with Gasteiger partial charge in [0.25, 0.3) is 0 Å². The predicted octanol–water partition coefficient (Wildman–Crippen LogP) is 4.80. The molecule has 2 aromatic carbocycles. The molecule has 0 bridgehead atoms. The first-order chi connectivity index (χ1) is 14.7. The van der Waals surface area contributed by atoms with Crippen molar-refractivity contribution in [3.8, 4) is 0 Å². The second kappa shape index (κ2) is 11.9. The predicted molar refractivity (Wildman–Crippen MR) is 120 cm³/mol. The second-order valence-corrected chi connectivity index (χ2v) is 7.92. The lowest BCUT2D eigenvalue weighted by Gasteiger charge is -2.34. The summed E-state index contributed by atoms with van der Waals surface area (Å²) in [5.74, 6) is 0. The monoisotopic (exact) mass is 430 g/mol. The minimum absolute atomic E-state index is 0.0213. The summed E-state index contributed by atoms with van der Waals surface area (Å²) < 4.78 is 11.4. The largest absolute Gasteiger partial charge is 0.450 e. The van der Waals surface area contributed by atoms with Crippen LogP contribution < -0.4 is 0 Å². The molecular weight excluding hydrogens is 400 g/mol. The first kappa shape index (κ1) is 22.6. The molecule has 6 heteroatoms. The molecule has 5 nitrogen and oxygen atoms in total. The van der Waals surface area contributed by atoms with E-state index < -0.39 is 0 Å². The SMILES string of the molecule is CCOC(=O)N1CCN(CCCOC(Cc2ccc(Cl)cc2)c2ccccc2)CC1. The fourth-order valence-corrected chi connectivity index (χ4v) is 3.78. The van der Waals surface area contributed by atoms with Crippen LogP contribution in [0.15, 0.2) is 54.6 Å². The Morgan fingerprint density at radius 3 is 2.40 bits per heavy atom. The maximum atomic E-state index is 11.8. The van der Waals surface area contributed by atoms with Crippen molar-refractivity contribution in [3.05, 3.63) is 70.7 Å². The van der Waals surface area contributed by atoms with E-state index >= 15 is 0 Å². The van der Waals surface area contributed by atoms with Gasteiger partial charge in [-0.05, 0) is 36.6 Å². The van der Waals surface area contributed by atoms with E-state index in [1.807, 2.05) is 25.1 Å². The summed E-state index contributed by atoms with van der Waals surface area (Å²) in [4.78, 5) is 16.0. The first-order valence-electron chi connectivity index (χ1n) is 10.7. The van der Waals surface area contributed by atoms with E-state index in [1.165, 1.54) is 11.1 Å². The zero-order valence-corrected chi connectivity index (χ0v) is 18.4. The van der Waals surface area contributed by atoms with Gasteiger partial charge in [-0.3, -0.25) is 4.90 Å². The zero-order chi connectivity index (χ0) is 21.2. The highest BCUT2D eigenvalue weighted by atomic mass is 35.5. The van der Waals surface area contributed by atoms with Crippen molar-refractivity contribution in [1.82, 2.24) is 9.80 Å². The fourth-order valence-electron chi connectivity index (χ4n) is 3.66. The summed E-state index contributed by atoms with van der Waals surface area (Å²) in [7, 11) is 0. The molecule has 1 fully saturated rings. The molecule has 2 aromatic rings. The van der Waals surface area contributed by atoms with Gasteiger partial charge >= 0.3 is 6.09 Å². The highest BCUT2D eigenvalue weighted by Crippen LogP contribution is 2.23. The topological polar surface area (TPSA) is 42.0 Å². The van der Waals surface area contributed by atoms with Gasteiger partial charge in [-0.1, -0.05) is 54.1 Å². The smallest absolute Gasteiger partial charge is 0.409 e. The van der Waals surface area contributed by atoms with Crippen molar-refractivity contribution < 1.29 is 14.3 Å². The van der Waals surface area contributed by atoms with Gasteiger partial charge in [0.05, 0.1) is 12.7 Å². The summed E-state index contributed by atoms with van der Waals surface area (Å²) in [6, 6.07) is 18.3. The van der Waals surface area contributed by atoms with E-state index in [2.05, 4.69) is 41.3 Å². The van der Waals surface area contributed by atoms with Gasteiger partial charge in [-0.25, -0.2) is 4.79 Å². The van der Waals surface area contributed by atoms with E-state index in [0.717, 1.165) is 50.6 Å². The number of carbonyl (C=O) groups excluding carboxylic acids is 1. The fraction of sp³-hybridized carbons (Fsp3) is 0.458. The van der Waals surface area contributed by atoms with Crippen LogP contribution in [0.4, 0.5) is 4.79 Å². The van der Waals surface area contributed by atoms with Crippen LogP contribution in [0.1, 0.15) is 30.6 Å². The minimum Gasteiger partial charge on any atom is -0.450 e. The lowest BCUT2D eigenvalue weighted by Crippen LogP contribution is -2.49. The van der Waals surface area contributed by atoms with Crippen LogP contribution >= 0.6 is 11.6 Å². The molecule has 0 aliphatic carbocycles. The number of nitrogens with zero attached hydrogens (tertiary/aromatic N) is 2. The molecule has 0 saturated carbocycles. The Balaban J connectivity index is 1.45. The van der Waals surface area contributed by atoms with Gasteiger partial charge < -0.3 is 14.4 Å². The molecule has 1 aliphatic heterocycles. The van der Waals surface area contributed by atoms with Gasteiger partial charge in [0.15, 0.2) is 0 Å². The molecule has 0 N–H and O–H groups in total. The number of hydrogen-bond acceptors (Lipinski definition) is 4. The third-order valence-corrected chi connectivity index (χ3v) is 5.59. The number of halogens is 1. The molecule has 30 heavy (non-hydrogen) atoms. The lowest BCUT2D eigenvalue weighted by molar-refractivity contribution is 0.0406. The zero-order valence-electron chi connectivity index (χ0n) is 17.6. The normalized spacial score (nSPS) is 15.7. The highest BCUT2D eigenvalue weighted by molar-refractivity contribution is 6.30. The number of benzene rings is 2. The number of ether oxygens (including phenoxy) is 2. The quantitative estimate of drug-likeness (QED) is 0.535. The molecule has 1 atom stereocenters. The molecule has 1 saturated heterocycles. The summed E-state index contributed by atoms with van der Waals surface area (Å²) in [5.41, 5.74) is 2.40. The summed E-state index contributed by atoms with van der Waals surface area (Å²) in [5, 5.41) is 0.749. The number of piperazine rings is 1. The third kappa shape index (κ3) is 7.01. The Kier molecular flexibility index (Phi) is 9.00. The van der Waals surface area contributed by atoms with E-state index in [0.29, 0.717) is 13.2 Å². The average Bonchev–Trinajstić information content (AvgIpc) is 2.78. The van der Waals surface area contributed by atoms with Crippen LogP contribution in [0, 0.1) is 0 Å². The van der Waals surface area contributed by atoms with Crippen molar-refractivity contribution in [2.24, 2.45) is 0 Å². The molecule has 0 radical (unpaired) electrons. The van der Waals surface area contributed by atoms with Crippen LogP contribution in [0.5, 0.6) is 0 Å². The Morgan fingerprint density at radius 2 is 1.73 bits per heavy atom. The number of carbonyl (C=O) groups is 1. The standard InChI is InChI=1S/C24H31ClN2O3/c1-2-29-24(28)27-16-14-26(15-17-27)13-6-18-30-23(21-7-4-3-5-8-21)19-20-9-11-22(25)12-10-20/h3-5,7-12,23H,2,6,13-19H2,1H3. The molecule has 0 aromatic heterocycles. The summed E-state index contributed by atoms with van der Waals surface area (Å²) in [6.45, 7) is 7.15. The van der Waals surface area contributed by atoms with E-state index in [4.69, 9.17) is 21.1 Å². The van der Waals surface area contributed by atoms with E-state index in [9.17, 15) is 4.79 Å². The Morgan fingerprint density at radius 1 is 1.03 bits per heavy atom. The molecule has 1 aliphatic rings. The maximum absolute atomic E-state index is 11.8. The molecular formula is C24H31ClN2O3.